The summed E-state index contributed by atoms with van der Waals surface area (Å²) in [4.78, 5) is 0.448. The largest absolute Gasteiger partial charge is 0.389 e. The predicted molar refractivity (Wildman–Crippen MR) is 65.8 cm³/mol. The fourth-order valence-electron chi connectivity index (χ4n) is 1.28. The number of nitrogens with one attached hydrogen (secondary N) is 1. The summed E-state index contributed by atoms with van der Waals surface area (Å²) in [5.41, 5.74) is 8.81. The lowest BCUT2D eigenvalue weighted by Crippen LogP contribution is -2.13. The van der Waals surface area contributed by atoms with Gasteiger partial charge in [-0.15, -0.1) is 0 Å². The van der Waals surface area contributed by atoms with Crippen LogP contribution in [-0.2, 0) is 0 Å². The number of thiocarbonyl (C=S) groups is 1. The minimum Gasteiger partial charge on any atom is -0.389 e. The first kappa shape index (κ1) is 11.0. The van der Waals surface area contributed by atoms with Gasteiger partial charge in [0.05, 0.1) is 0 Å². The molecule has 14 heavy (non-hydrogen) atoms. The van der Waals surface area contributed by atoms with E-state index in [2.05, 4.69) is 25.2 Å². The van der Waals surface area contributed by atoms with Crippen LogP contribution in [0.5, 0.6) is 0 Å². The Morgan fingerprint density at radius 2 is 2.21 bits per heavy atom. The number of anilines is 1. The molecule has 0 unspecified atom stereocenters. The van der Waals surface area contributed by atoms with Crippen LogP contribution in [0, 0.1) is 6.92 Å². The zero-order valence-corrected chi connectivity index (χ0v) is 9.45. The standard InChI is InChI=1S/C11H16N2S/c1-3-6-13-10-7-8(2)4-5-9(10)11(12)14/h4-5,7,13H,3,6H2,1-2H3,(H2,12,14). The Balaban J connectivity index is 2.97. The molecular weight excluding hydrogens is 192 g/mol. The van der Waals surface area contributed by atoms with Gasteiger partial charge < -0.3 is 11.1 Å². The molecule has 0 aromatic heterocycles. The third-order valence-electron chi connectivity index (χ3n) is 2.01. The number of hydrogen-bond donors (Lipinski definition) is 2. The molecule has 3 N–H and O–H groups in total. The molecule has 2 nitrogen and oxygen atoms in total. The van der Waals surface area contributed by atoms with Gasteiger partial charge in [0.2, 0.25) is 0 Å². The lowest BCUT2D eigenvalue weighted by Gasteiger charge is -2.11. The summed E-state index contributed by atoms with van der Waals surface area (Å²) in [5.74, 6) is 0. The summed E-state index contributed by atoms with van der Waals surface area (Å²) in [6.45, 7) is 5.13. The lowest BCUT2D eigenvalue weighted by molar-refractivity contribution is 0.979. The molecule has 0 amide bonds. The van der Waals surface area contributed by atoms with Gasteiger partial charge in [-0.2, -0.15) is 0 Å². The number of hydrogen-bond acceptors (Lipinski definition) is 2. The molecule has 0 saturated carbocycles. The molecule has 3 heteroatoms. The van der Waals surface area contributed by atoms with Crippen LogP contribution in [0.1, 0.15) is 24.5 Å². The van der Waals surface area contributed by atoms with Gasteiger partial charge in [0, 0.05) is 17.8 Å². The van der Waals surface area contributed by atoms with Crippen molar-refractivity contribution in [3.63, 3.8) is 0 Å². The summed E-state index contributed by atoms with van der Waals surface area (Å²) in [6.07, 6.45) is 1.09. The maximum atomic E-state index is 5.63. The molecule has 0 aliphatic rings. The van der Waals surface area contributed by atoms with Crippen LogP contribution in [0.25, 0.3) is 0 Å². The highest BCUT2D eigenvalue weighted by Gasteiger charge is 2.03. The normalized spacial score (nSPS) is 9.86. The summed E-state index contributed by atoms with van der Waals surface area (Å²) in [6, 6.07) is 6.06. The Hall–Kier alpha value is -1.09. The molecule has 0 fully saturated rings. The van der Waals surface area contributed by atoms with Crippen molar-refractivity contribution in [1.29, 1.82) is 0 Å². The van der Waals surface area contributed by atoms with E-state index in [-0.39, 0.29) is 0 Å². The molecule has 1 aromatic carbocycles. The molecule has 0 heterocycles. The van der Waals surface area contributed by atoms with Crippen molar-refractivity contribution >= 4 is 22.9 Å². The summed E-state index contributed by atoms with van der Waals surface area (Å²) >= 11 is 4.98. The van der Waals surface area contributed by atoms with Crippen molar-refractivity contribution in [3.8, 4) is 0 Å². The molecule has 1 rings (SSSR count). The number of rotatable bonds is 4. The van der Waals surface area contributed by atoms with Crippen LogP contribution in [0.2, 0.25) is 0 Å². The fraction of sp³-hybridized carbons (Fsp3) is 0.364. The molecular formula is C11H16N2S. The third-order valence-corrected chi connectivity index (χ3v) is 2.23. The van der Waals surface area contributed by atoms with Crippen LogP contribution >= 0.6 is 12.2 Å². The molecule has 0 saturated heterocycles. The van der Waals surface area contributed by atoms with Crippen molar-refractivity contribution in [2.75, 3.05) is 11.9 Å². The second-order valence-corrected chi connectivity index (χ2v) is 3.78. The van der Waals surface area contributed by atoms with Gasteiger partial charge in [-0.05, 0) is 31.0 Å². The number of benzene rings is 1. The van der Waals surface area contributed by atoms with Crippen molar-refractivity contribution in [2.24, 2.45) is 5.73 Å². The minimum absolute atomic E-state index is 0.448. The molecule has 0 aliphatic carbocycles. The molecule has 0 atom stereocenters. The zero-order chi connectivity index (χ0) is 10.6. The second-order valence-electron chi connectivity index (χ2n) is 3.34. The molecule has 0 aliphatic heterocycles. The van der Waals surface area contributed by atoms with Gasteiger partial charge in [0.25, 0.3) is 0 Å². The predicted octanol–water partition coefficient (Wildman–Crippen LogP) is 2.45. The van der Waals surface area contributed by atoms with Gasteiger partial charge in [-0.3, -0.25) is 0 Å². The monoisotopic (exact) mass is 208 g/mol. The van der Waals surface area contributed by atoms with Crippen molar-refractivity contribution in [1.82, 2.24) is 0 Å². The first-order chi connectivity index (χ1) is 6.65. The van der Waals surface area contributed by atoms with Gasteiger partial charge in [0.1, 0.15) is 4.99 Å². The molecule has 1 aromatic rings. The van der Waals surface area contributed by atoms with Crippen LogP contribution in [0.3, 0.4) is 0 Å². The van der Waals surface area contributed by atoms with Crippen molar-refractivity contribution in [3.05, 3.63) is 29.3 Å². The number of nitrogens with two attached hydrogens (primary N) is 1. The van der Waals surface area contributed by atoms with Crippen LogP contribution in [0.4, 0.5) is 5.69 Å². The van der Waals surface area contributed by atoms with E-state index in [1.807, 2.05) is 12.1 Å². The van der Waals surface area contributed by atoms with Crippen LogP contribution in [-0.4, -0.2) is 11.5 Å². The van der Waals surface area contributed by atoms with E-state index in [9.17, 15) is 0 Å². The Morgan fingerprint density at radius 3 is 2.79 bits per heavy atom. The summed E-state index contributed by atoms with van der Waals surface area (Å²) < 4.78 is 0. The Kier molecular flexibility index (Phi) is 3.89. The Bertz CT molecular complexity index is 334. The summed E-state index contributed by atoms with van der Waals surface area (Å²) in [7, 11) is 0. The first-order valence-corrected chi connectivity index (χ1v) is 5.20. The molecule has 0 bridgehead atoms. The van der Waals surface area contributed by atoms with Crippen molar-refractivity contribution in [2.45, 2.75) is 20.3 Å². The van der Waals surface area contributed by atoms with E-state index in [0.29, 0.717) is 4.99 Å². The van der Waals surface area contributed by atoms with E-state index >= 15 is 0 Å². The van der Waals surface area contributed by atoms with Gasteiger partial charge >= 0.3 is 0 Å². The SMILES string of the molecule is CCCNc1cc(C)ccc1C(N)=S. The highest BCUT2D eigenvalue weighted by molar-refractivity contribution is 7.80. The lowest BCUT2D eigenvalue weighted by atomic mass is 10.1. The van der Waals surface area contributed by atoms with Gasteiger partial charge in [-0.25, -0.2) is 0 Å². The highest BCUT2D eigenvalue weighted by Crippen LogP contribution is 2.17. The first-order valence-electron chi connectivity index (χ1n) is 4.79. The maximum absolute atomic E-state index is 5.63. The van der Waals surface area contributed by atoms with E-state index in [1.54, 1.807) is 0 Å². The van der Waals surface area contributed by atoms with Gasteiger partial charge in [0.15, 0.2) is 0 Å². The van der Waals surface area contributed by atoms with Crippen LogP contribution < -0.4 is 11.1 Å². The van der Waals surface area contributed by atoms with E-state index in [4.69, 9.17) is 18.0 Å². The third kappa shape index (κ3) is 2.70. The smallest absolute Gasteiger partial charge is 0.106 e. The second kappa shape index (κ2) is 4.96. The van der Waals surface area contributed by atoms with Crippen LogP contribution in [0.15, 0.2) is 18.2 Å². The van der Waals surface area contributed by atoms with E-state index in [0.717, 1.165) is 24.2 Å². The Labute approximate surface area is 90.5 Å². The molecule has 76 valence electrons. The average Bonchev–Trinajstić information content (AvgIpc) is 2.14. The van der Waals surface area contributed by atoms with Gasteiger partial charge in [-0.1, -0.05) is 25.2 Å². The van der Waals surface area contributed by atoms with Crippen molar-refractivity contribution < 1.29 is 0 Å². The minimum atomic E-state index is 0.448. The Morgan fingerprint density at radius 1 is 1.50 bits per heavy atom. The van der Waals surface area contributed by atoms with E-state index in [1.165, 1.54) is 5.56 Å². The highest BCUT2D eigenvalue weighted by atomic mass is 32.1. The molecule has 0 spiro atoms. The van der Waals surface area contributed by atoms with E-state index < -0.39 is 0 Å². The average molecular weight is 208 g/mol. The molecule has 0 radical (unpaired) electrons. The number of aryl methyl sites for hydroxylation is 1. The topological polar surface area (TPSA) is 38.0 Å². The maximum Gasteiger partial charge on any atom is 0.106 e. The summed E-state index contributed by atoms with van der Waals surface area (Å²) in [5, 5.41) is 3.32. The quantitative estimate of drug-likeness (QED) is 0.746. The fourth-order valence-corrected chi connectivity index (χ4v) is 1.46. The zero-order valence-electron chi connectivity index (χ0n) is 8.63.